The van der Waals surface area contributed by atoms with E-state index in [1.165, 1.54) is 20.1 Å². The number of benzene rings is 1. The molecule has 458 valence electrons. The predicted molar refractivity (Wildman–Crippen MR) is 284 cm³/mol. The van der Waals surface area contributed by atoms with Crippen molar-refractivity contribution < 1.29 is 107 Å². The topological polar surface area (TPSA) is 296 Å². The largest absolute Gasteiger partial charge is 0.458 e. The highest BCUT2D eigenvalue weighted by atomic mass is 16.8. The Kier molecular flexibility index (Phi) is 19.8. The number of hydrogen-bond acceptors (Lipinski definition) is 22. The van der Waals surface area contributed by atoms with Crippen molar-refractivity contribution in [3.05, 3.63) is 42.0 Å². The molecule has 29 unspecified atom stereocenters. The number of carbonyl (C=O) groups excluding carboxylic acids is 2. The molecule has 0 aromatic heterocycles. The first-order chi connectivity index (χ1) is 38.5. The van der Waals surface area contributed by atoms with E-state index in [4.69, 9.17) is 61.6 Å². The molecule has 4 saturated heterocycles. The number of aliphatic hydroxyl groups excluding tert-OH is 6. The van der Waals surface area contributed by atoms with Gasteiger partial charge in [0.2, 0.25) is 0 Å². The first-order valence-electron chi connectivity index (χ1n) is 29.2. The summed E-state index contributed by atoms with van der Waals surface area (Å²) in [5, 5.41) is 76.9. The number of hydrogen-bond donors (Lipinski definition) is 7. The summed E-state index contributed by atoms with van der Waals surface area (Å²) in [6.45, 7) is 11.9. The highest BCUT2D eigenvalue weighted by Gasteiger charge is 2.76. The van der Waals surface area contributed by atoms with Crippen LogP contribution in [0.5, 0.6) is 0 Å². The predicted octanol–water partition coefficient (Wildman–Crippen LogP) is 2.68. The fourth-order valence-corrected chi connectivity index (χ4v) is 16.0. The lowest BCUT2D eigenvalue weighted by Crippen LogP contribution is -2.73. The number of esters is 2. The molecule has 4 aliphatic heterocycles. The quantitative estimate of drug-likeness (QED) is 0.0670. The van der Waals surface area contributed by atoms with Crippen LogP contribution >= 0.6 is 0 Å². The average molecular weight is 1150 g/mol. The number of carbonyl (C=O) groups is 2. The molecule has 4 aliphatic carbocycles. The minimum Gasteiger partial charge on any atom is -0.458 e. The molecule has 8 fully saturated rings. The molecule has 0 radical (unpaired) electrons. The Hall–Kier alpha value is -2.82. The second-order valence-electron chi connectivity index (χ2n) is 24.7. The van der Waals surface area contributed by atoms with E-state index in [-0.39, 0.29) is 30.3 Å². The van der Waals surface area contributed by atoms with Crippen molar-refractivity contribution in [1.82, 2.24) is 0 Å². The molecule has 9 rings (SSSR count). The Morgan fingerprint density at radius 1 is 0.691 bits per heavy atom. The van der Waals surface area contributed by atoms with Gasteiger partial charge in [0.1, 0.15) is 67.1 Å². The Morgan fingerprint density at radius 2 is 1.31 bits per heavy atom. The molecule has 0 spiro atoms. The van der Waals surface area contributed by atoms with Crippen molar-refractivity contribution in [2.75, 3.05) is 27.9 Å². The van der Waals surface area contributed by atoms with Crippen molar-refractivity contribution in [1.29, 1.82) is 0 Å². The third-order valence-corrected chi connectivity index (χ3v) is 20.2. The van der Waals surface area contributed by atoms with Crippen molar-refractivity contribution >= 4 is 18.0 Å². The van der Waals surface area contributed by atoms with Gasteiger partial charge >= 0.3 is 11.9 Å². The van der Waals surface area contributed by atoms with Gasteiger partial charge in [0.05, 0.1) is 54.9 Å². The number of fused-ring (bicyclic) bond motifs is 5. The SMILES string of the molecule is COC1CC(OC2CCC3(C)C(CCC4C3C(OC(=O)/C=C/c3ccccc3)C(OC(C)=O)C3(C)C(C(C)O)CCC43O)C2)OC(C)C1OC1CC(OC)C(OC2OC(C)C(OC3OC(CO)C(O)C(O)C3O)C(OC)C2O)C(C)O1. The van der Waals surface area contributed by atoms with Gasteiger partial charge in [-0.3, -0.25) is 4.79 Å². The minimum absolute atomic E-state index is 0.0921. The fraction of sp³-hybridized carbons (Fsp3) is 0.831. The molecule has 22 nitrogen and oxygen atoms in total. The lowest BCUT2D eigenvalue weighted by molar-refractivity contribution is -0.373. The molecule has 4 heterocycles. The maximum atomic E-state index is 14.0. The normalized spacial score (nSPS) is 48.6. The molecule has 1 aromatic carbocycles. The maximum Gasteiger partial charge on any atom is 0.331 e. The molecule has 0 amide bonds. The van der Waals surface area contributed by atoms with E-state index in [0.29, 0.717) is 44.9 Å². The molecule has 81 heavy (non-hydrogen) atoms. The number of ether oxygens (including phenoxy) is 13. The van der Waals surface area contributed by atoms with Crippen LogP contribution in [-0.4, -0.2) is 216 Å². The first kappa shape index (κ1) is 62.7. The van der Waals surface area contributed by atoms with Gasteiger partial charge in [-0.05, 0) is 107 Å². The van der Waals surface area contributed by atoms with Gasteiger partial charge in [0, 0.05) is 58.5 Å². The minimum atomic E-state index is -1.68. The van der Waals surface area contributed by atoms with Crippen LogP contribution in [0.2, 0.25) is 0 Å². The first-order valence-corrected chi connectivity index (χ1v) is 29.2. The van der Waals surface area contributed by atoms with E-state index in [1.807, 2.05) is 44.2 Å². The van der Waals surface area contributed by atoms with Crippen molar-refractivity contribution in [2.24, 2.45) is 34.5 Å². The third-order valence-electron chi connectivity index (χ3n) is 20.2. The molecule has 1 aromatic rings. The van der Waals surface area contributed by atoms with E-state index in [0.717, 1.165) is 12.0 Å². The van der Waals surface area contributed by atoms with Gasteiger partial charge in [-0.15, -0.1) is 0 Å². The Morgan fingerprint density at radius 3 is 1.93 bits per heavy atom. The average Bonchev–Trinajstić information content (AvgIpc) is 2.98. The zero-order valence-corrected chi connectivity index (χ0v) is 48.4. The third kappa shape index (κ3) is 12.1. The van der Waals surface area contributed by atoms with Gasteiger partial charge in [-0.2, -0.15) is 0 Å². The summed E-state index contributed by atoms with van der Waals surface area (Å²) < 4.78 is 81.2. The molecule has 7 N–H and O–H groups in total. The van der Waals surface area contributed by atoms with Crippen molar-refractivity contribution in [3.8, 4) is 0 Å². The molecule has 22 heteroatoms. The van der Waals surface area contributed by atoms with Gasteiger partial charge in [-0.1, -0.05) is 44.2 Å². The van der Waals surface area contributed by atoms with Gasteiger partial charge in [-0.25, -0.2) is 4.79 Å². The van der Waals surface area contributed by atoms with Crippen LogP contribution in [0, 0.1) is 34.5 Å². The van der Waals surface area contributed by atoms with E-state index < -0.39 is 170 Å². The zero-order chi connectivity index (χ0) is 58.5. The van der Waals surface area contributed by atoms with E-state index in [2.05, 4.69) is 6.92 Å². The summed E-state index contributed by atoms with van der Waals surface area (Å²) in [5.74, 6) is -2.14. The summed E-state index contributed by atoms with van der Waals surface area (Å²) in [6.07, 6.45) is -13.0. The van der Waals surface area contributed by atoms with Gasteiger partial charge in [0.25, 0.3) is 0 Å². The standard InChI is InChI=1S/C59H90O22/c1-28(61)36-21-23-59(68)37-18-17-34-24-35(20-22-57(34,6)44(37)52(54(58(36,59)7)75-32(5)62)78-41(63)19-16-33-14-12-11-13-15-33)76-42-25-38(69-8)49(29(2)72-42)79-43-26-39(70-9)50(30(3)73-43)80-56-48(67)53(71-10)51(31(4)74-56)81-55-47(66)46(65)45(64)40(27-60)77-55/h11-16,19,28-31,34-40,42-56,60-61,64-68H,17-18,20-27H2,1-10H3/b19-16+. The van der Waals surface area contributed by atoms with Crippen LogP contribution in [-0.2, 0) is 71.2 Å². The molecule has 4 saturated carbocycles. The molecule has 0 bridgehead atoms. The summed E-state index contributed by atoms with van der Waals surface area (Å²) >= 11 is 0. The number of aliphatic hydroxyl groups is 7. The van der Waals surface area contributed by atoms with E-state index in [1.54, 1.807) is 41.1 Å². The van der Waals surface area contributed by atoms with Gasteiger partial charge < -0.3 is 97.3 Å². The zero-order valence-electron chi connectivity index (χ0n) is 48.4. The van der Waals surface area contributed by atoms with Crippen molar-refractivity contribution in [3.63, 3.8) is 0 Å². The summed E-state index contributed by atoms with van der Waals surface area (Å²) in [7, 11) is 4.53. The highest BCUT2D eigenvalue weighted by molar-refractivity contribution is 5.87. The van der Waals surface area contributed by atoms with Crippen molar-refractivity contribution in [2.45, 2.75) is 247 Å². The van der Waals surface area contributed by atoms with E-state index in [9.17, 15) is 45.3 Å². The number of rotatable bonds is 17. The lowest BCUT2D eigenvalue weighted by atomic mass is 9.41. The second kappa shape index (κ2) is 25.6. The summed E-state index contributed by atoms with van der Waals surface area (Å²) in [6, 6.07) is 9.44. The molecule has 8 aliphatic rings. The van der Waals surface area contributed by atoms with Crippen LogP contribution in [0.4, 0.5) is 0 Å². The molecular weight excluding hydrogens is 1060 g/mol. The van der Waals surface area contributed by atoms with Crippen LogP contribution in [0.15, 0.2) is 36.4 Å². The monoisotopic (exact) mass is 1150 g/mol. The number of methoxy groups -OCH3 is 3. The Labute approximate surface area is 474 Å². The lowest BCUT2D eigenvalue weighted by Gasteiger charge is -2.67. The maximum absolute atomic E-state index is 14.0. The van der Waals surface area contributed by atoms with Crippen LogP contribution in [0.25, 0.3) is 6.08 Å². The highest BCUT2D eigenvalue weighted by Crippen LogP contribution is 2.70. The Bertz CT molecular complexity index is 2270. The summed E-state index contributed by atoms with van der Waals surface area (Å²) in [5.41, 5.74) is -2.05. The second-order valence-corrected chi connectivity index (χ2v) is 24.7. The van der Waals surface area contributed by atoms with Gasteiger partial charge in [0.15, 0.2) is 25.2 Å². The van der Waals surface area contributed by atoms with Crippen LogP contribution < -0.4 is 0 Å². The molecule has 29 atom stereocenters. The van der Waals surface area contributed by atoms with Crippen LogP contribution in [0.3, 0.4) is 0 Å². The fourth-order valence-electron chi connectivity index (χ4n) is 16.0. The summed E-state index contributed by atoms with van der Waals surface area (Å²) in [4.78, 5) is 27.1. The Balaban J connectivity index is 0.830. The van der Waals surface area contributed by atoms with Crippen LogP contribution in [0.1, 0.15) is 112 Å². The van der Waals surface area contributed by atoms with E-state index >= 15 is 0 Å². The molecular formula is C59H90O22. The smallest absolute Gasteiger partial charge is 0.331 e.